The first kappa shape index (κ1) is 15.5. The maximum absolute atomic E-state index is 12.4. The van der Waals surface area contributed by atoms with Gasteiger partial charge in [-0.05, 0) is 52.5 Å². The Morgan fingerprint density at radius 1 is 1.45 bits per heavy atom. The molecule has 114 valence electrons. The van der Waals surface area contributed by atoms with Crippen molar-refractivity contribution in [1.82, 2.24) is 15.1 Å². The zero-order valence-corrected chi connectivity index (χ0v) is 13.2. The highest BCUT2D eigenvalue weighted by Crippen LogP contribution is 2.20. The lowest BCUT2D eigenvalue weighted by Gasteiger charge is -2.30. The molecule has 0 aromatic carbocycles. The number of carbonyl (C=O) groups excluding carboxylic acids is 1. The summed E-state index contributed by atoms with van der Waals surface area (Å²) in [5.41, 5.74) is 1.21. The number of hydrogen-bond donors (Lipinski definition) is 1. The van der Waals surface area contributed by atoms with Crippen molar-refractivity contribution in [2.45, 2.75) is 58.0 Å². The number of nitrogens with one attached hydrogen (secondary N) is 1. The third kappa shape index (κ3) is 4.06. The average molecular weight is 279 g/mol. The lowest BCUT2D eigenvalue weighted by Crippen LogP contribution is -2.46. The lowest BCUT2D eigenvalue weighted by molar-refractivity contribution is -0.130. The van der Waals surface area contributed by atoms with Crippen molar-refractivity contribution in [2.75, 3.05) is 26.7 Å². The van der Waals surface area contributed by atoms with Crippen LogP contribution >= 0.6 is 0 Å². The average Bonchev–Trinajstić information content (AvgIpc) is 3.09. The molecule has 0 saturated carbocycles. The Labute approximate surface area is 123 Å². The van der Waals surface area contributed by atoms with E-state index in [1.165, 1.54) is 25.0 Å². The van der Waals surface area contributed by atoms with Crippen LogP contribution in [0, 0.1) is 0 Å². The molecule has 0 radical (unpaired) electrons. The zero-order chi connectivity index (χ0) is 14.5. The second kappa shape index (κ2) is 7.23. The van der Waals surface area contributed by atoms with Crippen molar-refractivity contribution in [3.8, 4) is 0 Å². The summed E-state index contributed by atoms with van der Waals surface area (Å²) < 4.78 is 0. The van der Waals surface area contributed by atoms with E-state index in [9.17, 15) is 4.79 Å². The van der Waals surface area contributed by atoms with E-state index in [0.29, 0.717) is 18.6 Å². The molecule has 1 heterocycles. The highest BCUT2D eigenvalue weighted by atomic mass is 16.2. The summed E-state index contributed by atoms with van der Waals surface area (Å²) in [6.45, 7) is 6.99. The Bertz CT molecular complexity index is 359. The van der Waals surface area contributed by atoms with Crippen molar-refractivity contribution in [1.29, 1.82) is 0 Å². The molecule has 1 amide bonds. The number of hydrogen-bond acceptors (Lipinski definition) is 3. The van der Waals surface area contributed by atoms with Gasteiger partial charge in [-0.15, -0.1) is 0 Å². The summed E-state index contributed by atoms with van der Waals surface area (Å²) in [4.78, 5) is 16.6. The van der Waals surface area contributed by atoms with Crippen LogP contribution in [0.15, 0.2) is 11.8 Å². The fourth-order valence-electron chi connectivity index (χ4n) is 3.05. The molecular weight excluding hydrogens is 250 g/mol. The topological polar surface area (TPSA) is 35.6 Å². The Hall–Kier alpha value is -0.870. The van der Waals surface area contributed by atoms with Crippen LogP contribution in [0.1, 0.15) is 46.0 Å². The second-order valence-electron chi connectivity index (χ2n) is 6.36. The van der Waals surface area contributed by atoms with E-state index < -0.39 is 0 Å². The lowest BCUT2D eigenvalue weighted by atomic mass is 10.2. The van der Waals surface area contributed by atoms with Gasteiger partial charge in [-0.25, -0.2) is 0 Å². The van der Waals surface area contributed by atoms with E-state index in [4.69, 9.17) is 0 Å². The Balaban J connectivity index is 1.87. The van der Waals surface area contributed by atoms with Crippen LogP contribution in [0.4, 0.5) is 0 Å². The van der Waals surface area contributed by atoms with Gasteiger partial charge in [0.1, 0.15) is 0 Å². The SMILES string of the molecule is CC(C)N(CC(=O)N(C)C1=CCCC1)CC1CCCN1. The van der Waals surface area contributed by atoms with Gasteiger partial charge in [0.2, 0.25) is 5.91 Å². The van der Waals surface area contributed by atoms with Crippen molar-refractivity contribution in [3.63, 3.8) is 0 Å². The Morgan fingerprint density at radius 2 is 2.25 bits per heavy atom. The van der Waals surface area contributed by atoms with E-state index in [2.05, 4.69) is 30.1 Å². The summed E-state index contributed by atoms with van der Waals surface area (Å²) in [6, 6.07) is 0.966. The molecule has 20 heavy (non-hydrogen) atoms. The molecule has 1 N–H and O–H groups in total. The molecule has 1 saturated heterocycles. The summed E-state index contributed by atoms with van der Waals surface area (Å²) in [5, 5.41) is 3.52. The van der Waals surface area contributed by atoms with Gasteiger partial charge in [0.15, 0.2) is 0 Å². The normalized spacial score (nSPS) is 22.6. The zero-order valence-electron chi connectivity index (χ0n) is 13.2. The molecule has 0 spiro atoms. The number of rotatable bonds is 6. The predicted octanol–water partition coefficient (Wildman–Crippen LogP) is 1.98. The summed E-state index contributed by atoms with van der Waals surface area (Å²) >= 11 is 0. The van der Waals surface area contributed by atoms with Crippen LogP contribution in [0.2, 0.25) is 0 Å². The summed E-state index contributed by atoms with van der Waals surface area (Å²) in [5.74, 6) is 0.227. The quantitative estimate of drug-likeness (QED) is 0.807. The van der Waals surface area contributed by atoms with Crippen LogP contribution in [0.25, 0.3) is 0 Å². The Morgan fingerprint density at radius 3 is 2.80 bits per heavy atom. The maximum Gasteiger partial charge on any atom is 0.240 e. The predicted molar refractivity (Wildman–Crippen MR) is 82.4 cm³/mol. The van der Waals surface area contributed by atoms with E-state index in [1.807, 2.05) is 11.9 Å². The number of carbonyl (C=O) groups is 1. The number of nitrogens with zero attached hydrogens (tertiary/aromatic N) is 2. The van der Waals surface area contributed by atoms with Crippen LogP contribution in [-0.4, -0.2) is 54.5 Å². The van der Waals surface area contributed by atoms with E-state index in [-0.39, 0.29) is 5.91 Å². The smallest absolute Gasteiger partial charge is 0.240 e. The molecule has 0 aromatic heterocycles. The van der Waals surface area contributed by atoms with Crippen molar-refractivity contribution >= 4 is 5.91 Å². The minimum Gasteiger partial charge on any atom is -0.318 e. The van der Waals surface area contributed by atoms with Gasteiger partial charge in [-0.3, -0.25) is 9.69 Å². The largest absolute Gasteiger partial charge is 0.318 e. The Kier molecular flexibility index (Phi) is 5.61. The molecule has 1 atom stereocenters. The maximum atomic E-state index is 12.4. The van der Waals surface area contributed by atoms with Gasteiger partial charge in [0.25, 0.3) is 0 Å². The first-order valence-electron chi connectivity index (χ1n) is 8.01. The monoisotopic (exact) mass is 279 g/mol. The fourth-order valence-corrected chi connectivity index (χ4v) is 3.05. The third-order valence-electron chi connectivity index (χ3n) is 4.51. The first-order chi connectivity index (χ1) is 9.58. The van der Waals surface area contributed by atoms with Crippen LogP contribution < -0.4 is 5.32 Å². The molecule has 1 fully saturated rings. The molecule has 1 unspecified atom stereocenters. The molecule has 2 aliphatic rings. The van der Waals surface area contributed by atoms with Gasteiger partial charge in [0.05, 0.1) is 6.54 Å². The van der Waals surface area contributed by atoms with Gasteiger partial charge in [-0.1, -0.05) is 6.08 Å². The fraction of sp³-hybridized carbons (Fsp3) is 0.812. The minimum absolute atomic E-state index is 0.227. The first-order valence-corrected chi connectivity index (χ1v) is 8.01. The highest BCUT2D eigenvalue weighted by Gasteiger charge is 2.24. The molecule has 0 bridgehead atoms. The molecular formula is C16H29N3O. The molecule has 0 aromatic rings. The van der Waals surface area contributed by atoms with Crippen LogP contribution in [0.5, 0.6) is 0 Å². The second-order valence-corrected chi connectivity index (χ2v) is 6.36. The number of allylic oxidation sites excluding steroid dienone is 2. The van der Waals surface area contributed by atoms with E-state index >= 15 is 0 Å². The van der Waals surface area contributed by atoms with Crippen LogP contribution in [0.3, 0.4) is 0 Å². The molecule has 2 rings (SSSR count). The summed E-state index contributed by atoms with van der Waals surface area (Å²) in [7, 11) is 1.92. The highest BCUT2D eigenvalue weighted by molar-refractivity contribution is 5.79. The standard InChI is InChI=1S/C16H29N3O/c1-13(2)19(11-14-7-6-10-17-14)12-16(20)18(3)15-8-4-5-9-15/h8,13-14,17H,4-7,9-12H2,1-3H3. The summed E-state index contributed by atoms with van der Waals surface area (Å²) in [6.07, 6.45) is 8.06. The van der Waals surface area contributed by atoms with Crippen molar-refractivity contribution in [2.24, 2.45) is 0 Å². The van der Waals surface area contributed by atoms with Crippen molar-refractivity contribution < 1.29 is 4.79 Å². The number of likely N-dealkylation sites (N-methyl/N-ethyl adjacent to an activating group) is 1. The molecule has 4 heteroatoms. The third-order valence-corrected chi connectivity index (χ3v) is 4.51. The minimum atomic E-state index is 0.227. The van der Waals surface area contributed by atoms with E-state index in [0.717, 1.165) is 25.9 Å². The molecule has 1 aliphatic heterocycles. The van der Waals surface area contributed by atoms with Gasteiger partial charge >= 0.3 is 0 Å². The van der Waals surface area contributed by atoms with Crippen molar-refractivity contribution in [3.05, 3.63) is 11.8 Å². The molecule has 1 aliphatic carbocycles. The van der Waals surface area contributed by atoms with E-state index in [1.54, 1.807) is 0 Å². The molecule has 4 nitrogen and oxygen atoms in total. The van der Waals surface area contributed by atoms with Gasteiger partial charge in [-0.2, -0.15) is 0 Å². The van der Waals surface area contributed by atoms with Crippen LogP contribution in [-0.2, 0) is 4.79 Å². The number of amides is 1. The van der Waals surface area contributed by atoms with Gasteiger partial charge < -0.3 is 10.2 Å². The van der Waals surface area contributed by atoms with Gasteiger partial charge in [0, 0.05) is 31.4 Å².